The van der Waals surface area contributed by atoms with Crippen LogP contribution in [-0.4, -0.2) is 54.2 Å². The van der Waals surface area contributed by atoms with E-state index in [9.17, 15) is 14.4 Å². The summed E-state index contributed by atoms with van der Waals surface area (Å²) in [6.07, 6.45) is 1.35. The van der Waals surface area contributed by atoms with Gasteiger partial charge in [-0.25, -0.2) is 4.98 Å². The lowest BCUT2D eigenvalue weighted by Gasteiger charge is -2.22. The number of aryl methyl sites for hydroxylation is 1. The van der Waals surface area contributed by atoms with Crippen LogP contribution in [-0.2, 0) is 27.4 Å². The molecule has 0 atom stereocenters. The minimum Gasteiger partial charge on any atom is -0.497 e. The smallest absolute Gasteiger partial charge is 0.325 e. The maximum absolute atomic E-state index is 13.1. The average molecular weight is 439 g/mol. The maximum Gasteiger partial charge on any atom is 0.325 e. The molecule has 9 nitrogen and oxygen atoms in total. The van der Waals surface area contributed by atoms with E-state index in [1.165, 1.54) is 37.1 Å². The molecular weight excluding hydrogens is 414 g/mol. The molecule has 3 rings (SSSR count). The average Bonchev–Trinajstić information content (AvgIpc) is 2.80. The zero-order valence-corrected chi connectivity index (χ0v) is 18.5. The predicted octanol–water partition coefficient (Wildman–Crippen LogP) is 1.92. The van der Waals surface area contributed by atoms with Crippen molar-refractivity contribution in [3.05, 3.63) is 64.2 Å². The number of hydrogen-bond acceptors (Lipinski definition) is 7. The van der Waals surface area contributed by atoms with E-state index in [1.54, 1.807) is 30.3 Å². The molecule has 0 saturated heterocycles. The lowest BCUT2D eigenvalue weighted by atomic mass is 10.1. The molecule has 32 heavy (non-hydrogen) atoms. The molecule has 168 valence electrons. The van der Waals surface area contributed by atoms with Crippen LogP contribution in [0.25, 0.3) is 10.9 Å². The van der Waals surface area contributed by atoms with Gasteiger partial charge < -0.3 is 19.1 Å². The molecule has 1 heterocycles. The molecule has 9 heteroatoms. The fourth-order valence-corrected chi connectivity index (χ4v) is 3.33. The minimum absolute atomic E-state index is 0.0936. The number of methoxy groups -OCH3 is 3. The summed E-state index contributed by atoms with van der Waals surface area (Å²) in [5.41, 5.74) is 1.83. The topological polar surface area (TPSA) is 100.0 Å². The van der Waals surface area contributed by atoms with Crippen LogP contribution in [0.4, 0.5) is 0 Å². The van der Waals surface area contributed by atoms with Crippen molar-refractivity contribution < 1.29 is 23.8 Å². The van der Waals surface area contributed by atoms with Gasteiger partial charge in [-0.15, -0.1) is 0 Å². The fourth-order valence-electron chi connectivity index (χ4n) is 3.33. The van der Waals surface area contributed by atoms with E-state index < -0.39 is 11.9 Å². The van der Waals surface area contributed by atoms with Gasteiger partial charge in [0.2, 0.25) is 5.91 Å². The van der Waals surface area contributed by atoms with Gasteiger partial charge in [0.05, 0.1) is 38.6 Å². The Morgan fingerprint density at radius 3 is 2.38 bits per heavy atom. The van der Waals surface area contributed by atoms with E-state index >= 15 is 0 Å². The second-order valence-corrected chi connectivity index (χ2v) is 7.20. The third kappa shape index (κ3) is 5.05. The zero-order chi connectivity index (χ0) is 23.3. The molecule has 0 aliphatic heterocycles. The molecule has 0 radical (unpaired) electrons. The number of para-hydroxylation sites is 1. The first kappa shape index (κ1) is 22.8. The van der Waals surface area contributed by atoms with Crippen LogP contribution in [0.1, 0.15) is 11.1 Å². The third-order valence-electron chi connectivity index (χ3n) is 5.05. The second-order valence-electron chi connectivity index (χ2n) is 7.20. The molecular formula is C23H25N3O6. The first-order valence-corrected chi connectivity index (χ1v) is 9.87. The lowest BCUT2D eigenvalue weighted by Crippen LogP contribution is -2.39. The van der Waals surface area contributed by atoms with E-state index in [0.29, 0.717) is 28.0 Å². The van der Waals surface area contributed by atoms with Gasteiger partial charge in [0.25, 0.3) is 5.56 Å². The Hall–Kier alpha value is -3.88. The highest BCUT2D eigenvalue weighted by molar-refractivity contribution is 5.83. The van der Waals surface area contributed by atoms with Crippen LogP contribution in [0.5, 0.6) is 11.5 Å². The normalized spacial score (nSPS) is 10.6. The molecule has 0 saturated carbocycles. The molecule has 2 aromatic carbocycles. The van der Waals surface area contributed by atoms with E-state index in [2.05, 4.69) is 4.98 Å². The number of fused-ring (bicyclic) bond motifs is 1. The summed E-state index contributed by atoms with van der Waals surface area (Å²) >= 11 is 0. The summed E-state index contributed by atoms with van der Waals surface area (Å²) in [6.45, 7) is 1.42. The monoisotopic (exact) mass is 439 g/mol. The molecule has 1 aromatic heterocycles. The number of carbonyl (C=O) groups excluding carboxylic acids is 2. The Morgan fingerprint density at radius 1 is 1.06 bits per heavy atom. The van der Waals surface area contributed by atoms with Crippen molar-refractivity contribution in [1.82, 2.24) is 14.5 Å². The quantitative estimate of drug-likeness (QED) is 0.495. The van der Waals surface area contributed by atoms with Crippen molar-refractivity contribution in [1.29, 1.82) is 0 Å². The number of carbonyl (C=O) groups is 2. The Labute approximate surface area is 185 Å². The maximum atomic E-state index is 13.1. The highest BCUT2D eigenvalue weighted by Crippen LogP contribution is 2.23. The van der Waals surface area contributed by atoms with Gasteiger partial charge in [-0.2, -0.15) is 0 Å². The van der Waals surface area contributed by atoms with Crippen molar-refractivity contribution in [2.75, 3.05) is 27.9 Å². The lowest BCUT2D eigenvalue weighted by molar-refractivity contribution is -0.147. The van der Waals surface area contributed by atoms with Crippen LogP contribution >= 0.6 is 0 Å². The van der Waals surface area contributed by atoms with Gasteiger partial charge in [0.1, 0.15) is 24.6 Å². The molecule has 0 bridgehead atoms. The van der Waals surface area contributed by atoms with Gasteiger partial charge in [0, 0.05) is 12.6 Å². The van der Waals surface area contributed by atoms with Crippen molar-refractivity contribution in [2.24, 2.45) is 0 Å². The van der Waals surface area contributed by atoms with E-state index in [-0.39, 0.29) is 25.2 Å². The summed E-state index contributed by atoms with van der Waals surface area (Å²) in [6, 6.07) is 10.5. The van der Waals surface area contributed by atoms with Crippen molar-refractivity contribution in [3.8, 4) is 11.5 Å². The molecule has 0 aliphatic carbocycles. The summed E-state index contributed by atoms with van der Waals surface area (Å²) in [5.74, 6) is 0.0891. The number of benzene rings is 2. The first-order chi connectivity index (χ1) is 15.4. The van der Waals surface area contributed by atoms with Gasteiger partial charge in [-0.3, -0.25) is 19.0 Å². The fraction of sp³-hybridized carbons (Fsp3) is 0.304. The van der Waals surface area contributed by atoms with Crippen molar-refractivity contribution in [2.45, 2.75) is 20.0 Å². The summed E-state index contributed by atoms with van der Waals surface area (Å²) in [5, 5.41) is 0.428. The summed E-state index contributed by atoms with van der Waals surface area (Å²) in [4.78, 5) is 43.6. The zero-order valence-electron chi connectivity index (χ0n) is 18.5. The van der Waals surface area contributed by atoms with Crippen molar-refractivity contribution >= 4 is 22.8 Å². The number of aromatic nitrogens is 2. The van der Waals surface area contributed by atoms with E-state index in [0.717, 1.165) is 5.56 Å². The van der Waals surface area contributed by atoms with Crippen LogP contribution in [0.2, 0.25) is 0 Å². The molecule has 0 fully saturated rings. The van der Waals surface area contributed by atoms with Gasteiger partial charge >= 0.3 is 5.97 Å². The largest absolute Gasteiger partial charge is 0.497 e. The number of nitrogens with zero attached hydrogens (tertiary/aromatic N) is 3. The van der Waals surface area contributed by atoms with Crippen LogP contribution in [0, 0.1) is 6.92 Å². The van der Waals surface area contributed by atoms with Gasteiger partial charge in [-0.1, -0.05) is 12.1 Å². The molecule has 0 N–H and O–H groups in total. The first-order valence-electron chi connectivity index (χ1n) is 9.87. The molecule has 0 unspecified atom stereocenters. The molecule has 0 aliphatic rings. The number of hydrogen-bond donors (Lipinski definition) is 0. The van der Waals surface area contributed by atoms with E-state index in [1.807, 2.05) is 13.0 Å². The Bertz CT molecular complexity index is 1180. The second kappa shape index (κ2) is 9.95. The predicted molar refractivity (Wildman–Crippen MR) is 118 cm³/mol. The van der Waals surface area contributed by atoms with Crippen molar-refractivity contribution in [3.63, 3.8) is 0 Å². The van der Waals surface area contributed by atoms with Crippen LogP contribution in [0.15, 0.2) is 47.5 Å². The highest BCUT2D eigenvalue weighted by atomic mass is 16.5. The molecule has 1 amide bonds. The standard InChI is InChI=1S/C23H25N3O6/c1-15-6-5-7-19-22(15)24-14-26(23(19)29)12-20(27)25(13-21(28)32-4)11-16-8-17(30-2)10-18(9-16)31-3/h5-10,14H,11-13H2,1-4H3. The number of amides is 1. The van der Waals surface area contributed by atoms with E-state index in [4.69, 9.17) is 14.2 Å². The number of esters is 1. The Morgan fingerprint density at radius 2 is 1.75 bits per heavy atom. The van der Waals surface area contributed by atoms with Crippen LogP contribution in [0.3, 0.4) is 0 Å². The molecule has 0 spiro atoms. The number of ether oxygens (including phenoxy) is 3. The minimum atomic E-state index is -0.576. The summed E-state index contributed by atoms with van der Waals surface area (Å²) < 4.78 is 16.5. The highest BCUT2D eigenvalue weighted by Gasteiger charge is 2.20. The summed E-state index contributed by atoms with van der Waals surface area (Å²) in [7, 11) is 4.30. The Kier molecular flexibility index (Phi) is 7.09. The SMILES string of the molecule is COC(=O)CN(Cc1cc(OC)cc(OC)c1)C(=O)Cn1cnc2c(C)cccc2c1=O. The van der Waals surface area contributed by atoms with Gasteiger partial charge in [0.15, 0.2) is 0 Å². The Balaban J connectivity index is 1.90. The third-order valence-corrected chi connectivity index (χ3v) is 5.05. The van der Waals surface area contributed by atoms with Crippen LogP contribution < -0.4 is 15.0 Å². The number of rotatable bonds is 8. The molecule has 3 aromatic rings. The van der Waals surface area contributed by atoms with Gasteiger partial charge in [-0.05, 0) is 36.2 Å².